The fourth-order valence-electron chi connectivity index (χ4n) is 2.95. The van der Waals surface area contributed by atoms with Crippen LogP contribution < -0.4 is 14.8 Å². The van der Waals surface area contributed by atoms with Crippen LogP contribution in [0.1, 0.15) is 15.9 Å². The molecule has 0 heterocycles. The first kappa shape index (κ1) is 20.2. The van der Waals surface area contributed by atoms with E-state index in [1.54, 1.807) is 19.2 Å². The molecule has 29 heavy (non-hydrogen) atoms. The van der Waals surface area contributed by atoms with Gasteiger partial charge in [0.25, 0.3) is 5.91 Å². The maximum absolute atomic E-state index is 12.4. The van der Waals surface area contributed by atoms with Gasteiger partial charge < -0.3 is 19.5 Å². The van der Waals surface area contributed by atoms with E-state index in [1.807, 2.05) is 48.5 Å². The number of carbonyl (C=O) groups is 2. The van der Waals surface area contributed by atoms with Gasteiger partial charge in [0.05, 0.1) is 14.2 Å². The fourth-order valence-corrected chi connectivity index (χ4v) is 2.95. The molecule has 3 aromatic rings. The van der Waals surface area contributed by atoms with Crippen molar-refractivity contribution in [1.29, 1.82) is 0 Å². The van der Waals surface area contributed by atoms with Gasteiger partial charge in [-0.15, -0.1) is 0 Å². The molecule has 150 valence electrons. The van der Waals surface area contributed by atoms with Crippen LogP contribution in [0.2, 0.25) is 0 Å². The number of fused-ring (bicyclic) bond motifs is 1. The van der Waals surface area contributed by atoms with E-state index in [4.69, 9.17) is 14.2 Å². The second-order valence-electron chi connectivity index (χ2n) is 6.42. The molecule has 0 spiro atoms. The lowest BCUT2D eigenvalue weighted by atomic mass is 10.1. The summed E-state index contributed by atoms with van der Waals surface area (Å²) in [5.74, 6) is 0.243. The minimum atomic E-state index is -0.599. The monoisotopic (exact) mass is 393 g/mol. The number of benzene rings is 3. The van der Waals surface area contributed by atoms with E-state index in [-0.39, 0.29) is 18.1 Å². The lowest BCUT2D eigenvalue weighted by molar-refractivity contribution is -0.124. The van der Waals surface area contributed by atoms with Crippen LogP contribution in [0.25, 0.3) is 10.8 Å². The molecule has 0 fully saturated rings. The van der Waals surface area contributed by atoms with Crippen molar-refractivity contribution in [3.8, 4) is 11.5 Å². The van der Waals surface area contributed by atoms with Crippen LogP contribution in [0.4, 0.5) is 0 Å². The van der Waals surface area contributed by atoms with Crippen molar-refractivity contribution in [1.82, 2.24) is 5.32 Å². The van der Waals surface area contributed by atoms with E-state index in [2.05, 4.69) is 5.32 Å². The Morgan fingerprint density at radius 3 is 2.24 bits per heavy atom. The van der Waals surface area contributed by atoms with Crippen LogP contribution in [0, 0.1) is 0 Å². The molecule has 0 unspecified atom stereocenters. The molecular formula is C23H23NO5. The van der Waals surface area contributed by atoms with Crippen molar-refractivity contribution in [2.45, 2.75) is 6.42 Å². The topological polar surface area (TPSA) is 73.9 Å². The standard InChI is InChI=1S/C23H23NO5/c1-27-19-9-7-16(8-10-19)11-12-24-22(25)15-29-23(26)20-13-17-5-3-4-6-18(17)14-21(20)28-2/h3-10,13-14H,11-12,15H2,1-2H3,(H,24,25). The number of rotatable bonds is 8. The molecule has 1 N–H and O–H groups in total. The van der Waals surface area contributed by atoms with E-state index >= 15 is 0 Å². The summed E-state index contributed by atoms with van der Waals surface area (Å²) in [6.07, 6.45) is 0.669. The highest BCUT2D eigenvalue weighted by molar-refractivity contribution is 5.99. The van der Waals surface area contributed by atoms with Gasteiger partial charge in [-0.25, -0.2) is 4.79 Å². The van der Waals surface area contributed by atoms with Gasteiger partial charge in [0.2, 0.25) is 0 Å². The molecule has 0 aromatic heterocycles. The number of esters is 1. The normalized spacial score (nSPS) is 10.4. The van der Waals surface area contributed by atoms with Gasteiger partial charge in [0.1, 0.15) is 17.1 Å². The number of carbonyl (C=O) groups excluding carboxylic acids is 2. The van der Waals surface area contributed by atoms with E-state index < -0.39 is 5.97 Å². The zero-order chi connectivity index (χ0) is 20.6. The van der Waals surface area contributed by atoms with Crippen molar-refractivity contribution >= 4 is 22.6 Å². The fraction of sp³-hybridized carbons (Fsp3) is 0.217. The molecule has 0 aliphatic heterocycles. The first-order valence-electron chi connectivity index (χ1n) is 9.24. The zero-order valence-electron chi connectivity index (χ0n) is 16.4. The summed E-state index contributed by atoms with van der Waals surface area (Å²) >= 11 is 0. The minimum Gasteiger partial charge on any atom is -0.497 e. The average molecular weight is 393 g/mol. The Bertz CT molecular complexity index is 998. The molecule has 3 aromatic carbocycles. The third-order valence-corrected chi connectivity index (χ3v) is 4.52. The Morgan fingerprint density at radius 1 is 0.897 bits per heavy atom. The molecule has 3 rings (SSSR count). The van der Waals surface area contributed by atoms with Crippen molar-refractivity contribution < 1.29 is 23.8 Å². The van der Waals surface area contributed by atoms with Gasteiger partial charge in [0.15, 0.2) is 6.61 Å². The Kier molecular flexibility index (Phi) is 6.68. The predicted octanol–water partition coefficient (Wildman–Crippen LogP) is 3.37. The highest BCUT2D eigenvalue weighted by Gasteiger charge is 2.16. The van der Waals surface area contributed by atoms with Crippen molar-refractivity contribution in [2.75, 3.05) is 27.4 Å². The average Bonchev–Trinajstić information content (AvgIpc) is 2.77. The Hall–Kier alpha value is -3.54. The number of amides is 1. The smallest absolute Gasteiger partial charge is 0.342 e. The molecule has 0 saturated heterocycles. The van der Waals surface area contributed by atoms with Crippen LogP contribution in [0.15, 0.2) is 60.7 Å². The summed E-state index contributed by atoms with van der Waals surface area (Å²) in [5.41, 5.74) is 1.36. The van der Waals surface area contributed by atoms with Crippen LogP contribution in [0.3, 0.4) is 0 Å². The molecule has 6 nitrogen and oxygen atoms in total. The molecule has 0 atom stereocenters. The van der Waals surface area contributed by atoms with Gasteiger partial charge in [-0.1, -0.05) is 36.4 Å². The van der Waals surface area contributed by atoms with Crippen molar-refractivity contribution in [3.05, 3.63) is 71.8 Å². The van der Waals surface area contributed by atoms with Gasteiger partial charge in [-0.2, -0.15) is 0 Å². The lowest BCUT2D eigenvalue weighted by Crippen LogP contribution is -2.30. The predicted molar refractivity (Wildman–Crippen MR) is 110 cm³/mol. The van der Waals surface area contributed by atoms with Crippen molar-refractivity contribution in [2.24, 2.45) is 0 Å². The van der Waals surface area contributed by atoms with Gasteiger partial charge in [-0.3, -0.25) is 4.79 Å². The zero-order valence-corrected chi connectivity index (χ0v) is 16.4. The summed E-state index contributed by atoms with van der Waals surface area (Å²) in [7, 11) is 3.11. The highest BCUT2D eigenvalue weighted by Crippen LogP contribution is 2.26. The second kappa shape index (κ2) is 9.59. The number of ether oxygens (including phenoxy) is 3. The van der Waals surface area contributed by atoms with Crippen LogP contribution in [-0.4, -0.2) is 39.2 Å². The Balaban J connectivity index is 1.52. The van der Waals surface area contributed by atoms with E-state index in [0.717, 1.165) is 22.1 Å². The number of methoxy groups -OCH3 is 2. The molecule has 0 saturated carbocycles. The summed E-state index contributed by atoms with van der Waals surface area (Å²) in [6.45, 7) is 0.0967. The lowest BCUT2D eigenvalue weighted by Gasteiger charge is -2.11. The molecular weight excluding hydrogens is 370 g/mol. The first-order valence-corrected chi connectivity index (χ1v) is 9.24. The van der Waals surface area contributed by atoms with E-state index in [1.165, 1.54) is 7.11 Å². The number of nitrogens with one attached hydrogen (secondary N) is 1. The SMILES string of the molecule is COc1ccc(CCNC(=O)COC(=O)c2cc3ccccc3cc2OC)cc1. The second-order valence-corrected chi connectivity index (χ2v) is 6.42. The Labute approximate surface area is 169 Å². The molecule has 0 radical (unpaired) electrons. The van der Waals surface area contributed by atoms with Gasteiger partial charge in [0, 0.05) is 6.54 Å². The third kappa shape index (κ3) is 5.25. The summed E-state index contributed by atoms with van der Waals surface area (Å²) in [4.78, 5) is 24.4. The quantitative estimate of drug-likeness (QED) is 0.594. The molecule has 1 amide bonds. The van der Waals surface area contributed by atoms with Gasteiger partial charge >= 0.3 is 5.97 Å². The maximum Gasteiger partial charge on any atom is 0.342 e. The van der Waals surface area contributed by atoms with Gasteiger partial charge in [-0.05, 0) is 47.0 Å². The summed E-state index contributed by atoms with van der Waals surface area (Å²) in [5, 5.41) is 4.59. The van der Waals surface area contributed by atoms with Crippen LogP contribution in [0.5, 0.6) is 11.5 Å². The van der Waals surface area contributed by atoms with Crippen molar-refractivity contribution in [3.63, 3.8) is 0 Å². The first-order chi connectivity index (χ1) is 14.1. The summed E-state index contributed by atoms with van der Waals surface area (Å²) in [6, 6.07) is 18.7. The number of hydrogen-bond acceptors (Lipinski definition) is 5. The highest BCUT2D eigenvalue weighted by atomic mass is 16.5. The van der Waals surface area contributed by atoms with Crippen LogP contribution in [-0.2, 0) is 16.0 Å². The Morgan fingerprint density at radius 2 is 1.59 bits per heavy atom. The number of hydrogen-bond donors (Lipinski definition) is 1. The van der Waals surface area contributed by atoms with Crippen LogP contribution >= 0.6 is 0 Å². The largest absolute Gasteiger partial charge is 0.497 e. The molecule has 0 aliphatic rings. The maximum atomic E-state index is 12.4. The minimum absolute atomic E-state index is 0.289. The van der Waals surface area contributed by atoms with E-state index in [9.17, 15) is 9.59 Å². The summed E-state index contributed by atoms with van der Waals surface area (Å²) < 4.78 is 15.6. The molecule has 0 bridgehead atoms. The van der Waals surface area contributed by atoms with E-state index in [0.29, 0.717) is 18.7 Å². The third-order valence-electron chi connectivity index (χ3n) is 4.52. The molecule has 6 heteroatoms. The molecule has 0 aliphatic carbocycles.